The quantitative estimate of drug-likeness (QED) is 0.648. The van der Waals surface area contributed by atoms with Gasteiger partial charge in [-0.05, 0) is 0 Å². The lowest BCUT2D eigenvalue weighted by Gasteiger charge is -2.02. The molecule has 2 rings (SSSR count). The molecule has 0 aromatic carbocycles. The van der Waals surface area contributed by atoms with Crippen molar-refractivity contribution < 1.29 is 19.4 Å². The zero-order chi connectivity index (χ0) is 12.6. The van der Waals surface area contributed by atoms with Crippen molar-refractivity contribution >= 4 is 23.7 Å². The van der Waals surface area contributed by atoms with Gasteiger partial charge in [0.2, 0.25) is 5.95 Å². The van der Waals surface area contributed by atoms with Crippen LogP contribution in [0.15, 0.2) is 6.07 Å². The molecule has 2 aromatic heterocycles. The van der Waals surface area contributed by atoms with E-state index in [1.54, 1.807) is 0 Å². The average Bonchev–Trinajstić information content (AvgIpc) is 2.66. The van der Waals surface area contributed by atoms with Crippen molar-refractivity contribution in [2.75, 3.05) is 12.8 Å². The summed E-state index contributed by atoms with van der Waals surface area (Å²) in [4.78, 5) is 29.6. The van der Waals surface area contributed by atoms with E-state index in [9.17, 15) is 9.59 Å². The minimum absolute atomic E-state index is 0.0807. The molecule has 17 heavy (non-hydrogen) atoms. The highest BCUT2D eigenvalue weighted by atomic mass is 16.5. The molecule has 0 bridgehead atoms. The van der Waals surface area contributed by atoms with E-state index in [4.69, 9.17) is 10.8 Å². The topological polar surface area (TPSA) is 133 Å². The van der Waals surface area contributed by atoms with Gasteiger partial charge in [-0.2, -0.15) is 9.50 Å². The first-order valence-corrected chi connectivity index (χ1v) is 4.38. The number of hydrogen-bond donors (Lipinski definition) is 2. The second-order valence-corrected chi connectivity index (χ2v) is 3.01. The number of carboxylic acid groups (broad SMARTS) is 1. The fraction of sp³-hybridized carbons (Fsp3) is 0.125. The number of nitrogens with two attached hydrogens (primary N) is 1. The molecule has 9 heteroatoms. The number of fused-ring (bicyclic) bond motifs is 1. The molecule has 9 nitrogen and oxygen atoms in total. The zero-order valence-electron chi connectivity index (χ0n) is 8.62. The molecule has 0 saturated heterocycles. The number of nitrogen functional groups attached to an aromatic ring is 1. The molecule has 3 N–H and O–H groups in total. The summed E-state index contributed by atoms with van der Waals surface area (Å²) in [5.41, 5.74) is 4.89. The van der Waals surface area contributed by atoms with Crippen molar-refractivity contribution in [3.8, 4) is 0 Å². The number of rotatable bonds is 2. The Morgan fingerprint density at radius 3 is 2.76 bits per heavy atom. The third kappa shape index (κ3) is 1.73. The molecular weight excluding hydrogens is 230 g/mol. The van der Waals surface area contributed by atoms with Crippen LogP contribution in [-0.4, -0.2) is 43.7 Å². The zero-order valence-corrected chi connectivity index (χ0v) is 8.62. The highest BCUT2D eigenvalue weighted by molar-refractivity contribution is 5.92. The second-order valence-electron chi connectivity index (χ2n) is 3.01. The van der Waals surface area contributed by atoms with Crippen LogP contribution in [0.5, 0.6) is 0 Å². The van der Waals surface area contributed by atoms with E-state index in [1.807, 2.05) is 0 Å². The van der Waals surface area contributed by atoms with Crippen molar-refractivity contribution in [2.45, 2.75) is 0 Å². The van der Waals surface area contributed by atoms with Gasteiger partial charge in [0.15, 0.2) is 11.4 Å². The highest BCUT2D eigenvalue weighted by Crippen LogP contribution is 2.09. The molecule has 88 valence electrons. The van der Waals surface area contributed by atoms with Crippen molar-refractivity contribution in [2.24, 2.45) is 0 Å². The molecule has 0 unspecified atom stereocenters. The molecule has 0 saturated carbocycles. The Hall–Kier alpha value is -2.71. The Morgan fingerprint density at radius 1 is 1.47 bits per heavy atom. The molecule has 0 spiro atoms. The largest absolute Gasteiger partial charge is 0.477 e. The normalized spacial score (nSPS) is 10.4. The predicted molar refractivity (Wildman–Crippen MR) is 53.5 cm³/mol. The third-order valence-electron chi connectivity index (χ3n) is 1.94. The molecule has 2 aromatic rings. The van der Waals surface area contributed by atoms with E-state index in [1.165, 1.54) is 0 Å². The summed E-state index contributed by atoms with van der Waals surface area (Å²) < 4.78 is 5.52. The molecule has 0 amide bonds. The van der Waals surface area contributed by atoms with Crippen molar-refractivity contribution in [1.29, 1.82) is 0 Å². The molecule has 0 aliphatic carbocycles. The van der Waals surface area contributed by atoms with Crippen LogP contribution in [0.4, 0.5) is 5.95 Å². The number of esters is 1. The second kappa shape index (κ2) is 3.70. The van der Waals surface area contributed by atoms with Crippen LogP contribution in [-0.2, 0) is 4.74 Å². The van der Waals surface area contributed by atoms with Crippen LogP contribution in [0.1, 0.15) is 21.0 Å². The van der Waals surface area contributed by atoms with Gasteiger partial charge in [-0.15, -0.1) is 5.10 Å². The maximum absolute atomic E-state index is 11.4. The lowest BCUT2D eigenvalue weighted by atomic mass is 10.3. The van der Waals surface area contributed by atoms with Crippen LogP contribution < -0.4 is 5.73 Å². The van der Waals surface area contributed by atoms with Gasteiger partial charge in [-0.1, -0.05) is 0 Å². The van der Waals surface area contributed by atoms with Gasteiger partial charge in [0.1, 0.15) is 0 Å². The Balaban J connectivity index is 2.77. The van der Waals surface area contributed by atoms with Crippen LogP contribution in [0.2, 0.25) is 0 Å². The van der Waals surface area contributed by atoms with E-state index in [2.05, 4.69) is 19.8 Å². The van der Waals surface area contributed by atoms with Gasteiger partial charge in [-0.3, -0.25) is 0 Å². The summed E-state index contributed by atoms with van der Waals surface area (Å²) in [7, 11) is 1.16. The number of carboxylic acids is 1. The number of aromatic carboxylic acids is 1. The first-order chi connectivity index (χ1) is 8.02. The maximum atomic E-state index is 11.4. The average molecular weight is 237 g/mol. The molecule has 0 aliphatic heterocycles. The summed E-state index contributed by atoms with van der Waals surface area (Å²) >= 11 is 0. The summed E-state index contributed by atoms with van der Waals surface area (Å²) in [6.07, 6.45) is 0. The molecule has 0 fully saturated rings. The number of aromatic nitrogens is 4. The number of anilines is 1. The van der Waals surface area contributed by atoms with Crippen molar-refractivity contribution in [3.63, 3.8) is 0 Å². The number of ether oxygens (including phenoxy) is 1. The molecule has 0 radical (unpaired) electrons. The van der Waals surface area contributed by atoms with Gasteiger partial charge >= 0.3 is 11.9 Å². The number of nitrogens with zero attached hydrogens (tertiary/aromatic N) is 4. The van der Waals surface area contributed by atoms with E-state index in [0.717, 1.165) is 17.7 Å². The van der Waals surface area contributed by atoms with Gasteiger partial charge in [0, 0.05) is 6.07 Å². The van der Waals surface area contributed by atoms with Gasteiger partial charge in [0.05, 0.1) is 7.11 Å². The first-order valence-electron chi connectivity index (χ1n) is 4.38. The lowest BCUT2D eigenvalue weighted by Crippen LogP contribution is -2.13. The highest BCUT2D eigenvalue weighted by Gasteiger charge is 2.18. The minimum atomic E-state index is -1.29. The number of carbonyl (C=O) groups is 2. The number of hydrogen-bond acceptors (Lipinski definition) is 7. The Kier molecular flexibility index (Phi) is 2.35. The Labute approximate surface area is 93.8 Å². The van der Waals surface area contributed by atoms with Gasteiger partial charge < -0.3 is 15.6 Å². The van der Waals surface area contributed by atoms with Crippen LogP contribution in [0.3, 0.4) is 0 Å². The number of carbonyl (C=O) groups excluding carboxylic acids is 1. The lowest BCUT2D eigenvalue weighted by molar-refractivity contribution is 0.0590. The van der Waals surface area contributed by atoms with Crippen LogP contribution in [0, 0.1) is 0 Å². The SMILES string of the molecule is COC(=O)c1cc(C(=O)O)nc2nc(N)nn12. The Morgan fingerprint density at radius 2 is 2.18 bits per heavy atom. The van der Waals surface area contributed by atoms with Gasteiger partial charge in [-0.25, -0.2) is 14.6 Å². The Bertz CT molecular complexity index is 620. The molecular formula is C8H7N5O4. The number of methoxy groups -OCH3 is 1. The van der Waals surface area contributed by atoms with Crippen molar-refractivity contribution in [1.82, 2.24) is 19.6 Å². The maximum Gasteiger partial charge on any atom is 0.356 e. The summed E-state index contributed by atoms with van der Waals surface area (Å²) in [5, 5.41) is 12.5. The predicted octanol–water partition coefficient (Wildman–Crippen LogP) is -0.809. The monoisotopic (exact) mass is 237 g/mol. The molecule has 2 heterocycles. The van der Waals surface area contributed by atoms with Crippen LogP contribution >= 0.6 is 0 Å². The van der Waals surface area contributed by atoms with Crippen LogP contribution in [0.25, 0.3) is 5.78 Å². The molecule has 0 atom stereocenters. The van der Waals surface area contributed by atoms with Gasteiger partial charge in [0.25, 0.3) is 5.78 Å². The first kappa shape index (κ1) is 10.8. The van der Waals surface area contributed by atoms with E-state index in [0.29, 0.717) is 0 Å². The summed E-state index contributed by atoms with van der Waals surface area (Å²) in [6, 6.07) is 1.04. The van der Waals surface area contributed by atoms with E-state index >= 15 is 0 Å². The summed E-state index contributed by atoms with van der Waals surface area (Å²) in [5.74, 6) is -2.25. The fourth-order valence-corrected chi connectivity index (χ4v) is 1.24. The molecule has 0 aliphatic rings. The van der Waals surface area contributed by atoms with E-state index < -0.39 is 11.9 Å². The fourth-order valence-electron chi connectivity index (χ4n) is 1.24. The third-order valence-corrected chi connectivity index (χ3v) is 1.94. The smallest absolute Gasteiger partial charge is 0.356 e. The van der Waals surface area contributed by atoms with E-state index in [-0.39, 0.29) is 23.1 Å². The van der Waals surface area contributed by atoms with Crippen molar-refractivity contribution in [3.05, 3.63) is 17.5 Å². The minimum Gasteiger partial charge on any atom is -0.477 e. The summed E-state index contributed by atoms with van der Waals surface area (Å²) in [6.45, 7) is 0. The standard InChI is InChI=1S/C8H7N5O4/c1-17-6(16)4-2-3(5(14)15)10-8-11-7(9)12-13(4)8/h2H,1H3,(H2,9,12)(H,14,15).